The molecule has 0 aromatic heterocycles. The second-order valence-electron chi connectivity index (χ2n) is 13.4. The lowest BCUT2D eigenvalue weighted by atomic mass is 9.85. The van der Waals surface area contributed by atoms with E-state index in [2.05, 4.69) is 28.1 Å². The van der Waals surface area contributed by atoms with Crippen LogP contribution in [-0.4, -0.2) is 52.5 Å². The number of aliphatic hydroxyl groups is 1. The van der Waals surface area contributed by atoms with Gasteiger partial charge in [-0.1, -0.05) is 137 Å². The first kappa shape index (κ1) is 37.3. The average molecular weight is 768 g/mol. The van der Waals surface area contributed by atoms with Crippen LogP contribution < -0.4 is 0 Å². The number of ether oxygens (including phenoxy) is 5. The summed E-state index contributed by atoms with van der Waals surface area (Å²) < 4.78 is 35.0. The molecule has 0 saturated carbocycles. The van der Waals surface area contributed by atoms with Crippen molar-refractivity contribution in [3.8, 4) is 0 Å². The zero-order valence-corrected chi connectivity index (χ0v) is 33.1. The SMILES string of the molecule is Cc1cc(Br)cc(C)c1[C@](O)([SiH3])[C@H]1OC(COCc2ccccc2)[C@@H](OCc2ccccc2)C(OCc2ccccc2)C1OCc1ccccc1. The summed E-state index contributed by atoms with van der Waals surface area (Å²) in [5.74, 6) is 0. The molecular weight excluding hydrogens is 720 g/mol. The first-order chi connectivity index (χ1) is 24.8. The normalized spacial score (nSPS) is 21.7. The first-order valence-electron chi connectivity index (χ1n) is 17.5. The highest BCUT2D eigenvalue weighted by Crippen LogP contribution is 2.40. The molecule has 5 aromatic rings. The maximum atomic E-state index is 12.9. The lowest BCUT2D eigenvalue weighted by Gasteiger charge is -2.50. The van der Waals surface area contributed by atoms with Crippen molar-refractivity contribution < 1.29 is 28.8 Å². The van der Waals surface area contributed by atoms with E-state index in [-0.39, 0.29) is 6.61 Å². The van der Waals surface area contributed by atoms with Crippen LogP contribution in [0.2, 0.25) is 0 Å². The van der Waals surface area contributed by atoms with E-state index in [0.717, 1.165) is 43.4 Å². The highest BCUT2D eigenvalue weighted by molar-refractivity contribution is 9.10. The van der Waals surface area contributed by atoms with Crippen LogP contribution >= 0.6 is 15.9 Å². The predicted octanol–water partition coefficient (Wildman–Crippen LogP) is 7.32. The van der Waals surface area contributed by atoms with Gasteiger partial charge in [0, 0.05) is 4.47 Å². The van der Waals surface area contributed by atoms with E-state index >= 15 is 0 Å². The summed E-state index contributed by atoms with van der Waals surface area (Å²) >= 11 is 3.65. The van der Waals surface area contributed by atoms with Crippen LogP contribution in [0.5, 0.6) is 0 Å². The first-order valence-corrected chi connectivity index (χ1v) is 19.3. The molecule has 6 nitrogen and oxygen atoms in total. The third kappa shape index (κ3) is 9.71. The molecule has 1 aliphatic rings. The molecule has 0 spiro atoms. The molecule has 0 amide bonds. The van der Waals surface area contributed by atoms with Crippen molar-refractivity contribution in [3.63, 3.8) is 0 Å². The molecule has 0 aliphatic carbocycles. The molecule has 5 aromatic carbocycles. The van der Waals surface area contributed by atoms with Crippen molar-refractivity contribution in [1.29, 1.82) is 0 Å². The summed E-state index contributed by atoms with van der Waals surface area (Å²) in [6.07, 6.45) is -3.24. The molecule has 1 N–H and O–H groups in total. The van der Waals surface area contributed by atoms with E-state index in [1.54, 1.807) is 0 Å². The molecule has 3 unspecified atom stereocenters. The zero-order chi connectivity index (χ0) is 35.6. The number of rotatable bonds is 15. The van der Waals surface area contributed by atoms with Gasteiger partial charge in [0.05, 0.1) is 48.5 Å². The Kier molecular flexibility index (Phi) is 13.1. The van der Waals surface area contributed by atoms with Gasteiger partial charge in [0.25, 0.3) is 0 Å². The van der Waals surface area contributed by atoms with Crippen LogP contribution in [0.15, 0.2) is 138 Å². The molecule has 1 saturated heterocycles. The van der Waals surface area contributed by atoms with Gasteiger partial charge < -0.3 is 28.8 Å². The molecule has 1 fully saturated rings. The second-order valence-corrected chi connectivity index (χ2v) is 15.9. The quantitative estimate of drug-likeness (QED) is 0.113. The molecule has 1 heterocycles. The minimum absolute atomic E-state index is 0.234. The maximum Gasteiger partial charge on any atom is 0.116 e. The third-order valence-corrected chi connectivity index (χ3v) is 11.0. The molecule has 0 radical (unpaired) electrons. The van der Waals surface area contributed by atoms with E-state index in [1.807, 2.05) is 135 Å². The maximum absolute atomic E-state index is 12.9. The summed E-state index contributed by atoms with van der Waals surface area (Å²) in [6, 6.07) is 44.5. The minimum Gasteiger partial charge on any atom is -0.387 e. The van der Waals surface area contributed by atoms with Gasteiger partial charge in [-0.05, 0) is 64.9 Å². The van der Waals surface area contributed by atoms with Crippen LogP contribution in [0.3, 0.4) is 0 Å². The fourth-order valence-electron chi connectivity index (χ4n) is 7.09. The Morgan fingerprint density at radius 3 is 1.45 bits per heavy atom. The molecule has 6 rings (SSSR count). The Bertz CT molecular complexity index is 1770. The monoisotopic (exact) mass is 766 g/mol. The van der Waals surface area contributed by atoms with E-state index in [0.29, 0.717) is 36.7 Å². The van der Waals surface area contributed by atoms with Gasteiger partial charge in [-0.2, -0.15) is 0 Å². The van der Waals surface area contributed by atoms with E-state index in [9.17, 15) is 5.11 Å². The number of hydrogen-bond acceptors (Lipinski definition) is 6. The van der Waals surface area contributed by atoms with Gasteiger partial charge in [0.15, 0.2) is 0 Å². The summed E-state index contributed by atoms with van der Waals surface area (Å²) in [4.78, 5) is 0. The molecule has 266 valence electrons. The van der Waals surface area contributed by atoms with Crippen molar-refractivity contribution in [1.82, 2.24) is 0 Å². The van der Waals surface area contributed by atoms with Gasteiger partial charge >= 0.3 is 0 Å². The lowest BCUT2D eigenvalue weighted by Crippen LogP contribution is -2.66. The molecule has 1 aliphatic heterocycles. The largest absolute Gasteiger partial charge is 0.387 e. The number of halogens is 1. The number of aryl methyl sites for hydroxylation is 2. The number of benzene rings is 5. The van der Waals surface area contributed by atoms with E-state index in [1.165, 1.54) is 0 Å². The van der Waals surface area contributed by atoms with Crippen molar-refractivity contribution in [2.45, 2.75) is 76.0 Å². The van der Waals surface area contributed by atoms with Gasteiger partial charge in [0.1, 0.15) is 30.5 Å². The van der Waals surface area contributed by atoms with E-state index in [4.69, 9.17) is 23.7 Å². The standard InChI is InChI=1S/C43H47BrO6Si/c1-30-23-36(44)24-31(2)38(30)43(45,51)42-41(49-28-35-21-13-6-14-22-35)40(48-27-34-19-11-5-12-20-34)39(47-26-33-17-9-4-10-18-33)37(50-42)29-46-25-32-15-7-3-8-16-32/h3-24,37,39-42,45H,25-29H2,1-2,51H3/t37?,39-,40?,41?,42+,43+/m1/s1. The van der Waals surface area contributed by atoms with Crippen molar-refractivity contribution in [2.75, 3.05) is 6.61 Å². The molecule has 8 heteroatoms. The van der Waals surface area contributed by atoms with E-state index < -0.39 is 35.7 Å². The Labute approximate surface area is 313 Å². The van der Waals surface area contributed by atoms with Gasteiger partial charge in [0.2, 0.25) is 0 Å². The van der Waals surface area contributed by atoms with Crippen molar-refractivity contribution in [3.05, 3.63) is 177 Å². The Hall–Kier alpha value is -3.44. The molecule has 0 bridgehead atoms. The third-order valence-electron chi connectivity index (χ3n) is 9.44. The van der Waals surface area contributed by atoms with Crippen LogP contribution in [-0.2, 0) is 55.3 Å². The van der Waals surface area contributed by atoms with Gasteiger partial charge in [-0.25, -0.2) is 0 Å². The topological polar surface area (TPSA) is 66.4 Å². The van der Waals surface area contributed by atoms with Crippen LogP contribution in [0.25, 0.3) is 0 Å². The Balaban J connectivity index is 1.41. The van der Waals surface area contributed by atoms with Crippen molar-refractivity contribution in [2.24, 2.45) is 0 Å². The second kappa shape index (κ2) is 17.9. The average Bonchev–Trinajstić information content (AvgIpc) is 3.13. The summed E-state index contributed by atoms with van der Waals surface area (Å²) in [5.41, 5.74) is 6.95. The van der Waals surface area contributed by atoms with Crippen LogP contribution in [0.4, 0.5) is 0 Å². The van der Waals surface area contributed by atoms with Gasteiger partial charge in [-0.15, -0.1) is 0 Å². The minimum atomic E-state index is -1.34. The van der Waals surface area contributed by atoms with Gasteiger partial charge in [-0.3, -0.25) is 0 Å². The molecular formula is C43H47BrO6Si. The predicted molar refractivity (Wildman–Crippen MR) is 207 cm³/mol. The van der Waals surface area contributed by atoms with Crippen LogP contribution in [0, 0.1) is 13.8 Å². The zero-order valence-electron chi connectivity index (χ0n) is 29.5. The van der Waals surface area contributed by atoms with Crippen molar-refractivity contribution >= 4 is 26.2 Å². The highest BCUT2D eigenvalue weighted by atomic mass is 79.9. The fourth-order valence-corrected chi connectivity index (χ4v) is 9.03. The molecule has 51 heavy (non-hydrogen) atoms. The summed E-state index contributed by atoms with van der Waals surface area (Å²) in [7, 11) is 0.358. The van der Waals surface area contributed by atoms with Crippen LogP contribution in [0.1, 0.15) is 38.9 Å². The molecule has 6 atom stereocenters. The lowest BCUT2D eigenvalue weighted by molar-refractivity contribution is -0.293. The smallest absolute Gasteiger partial charge is 0.116 e. The summed E-state index contributed by atoms with van der Waals surface area (Å²) in [5, 5.41) is 11.5. The Morgan fingerprint density at radius 1 is 0.608 bits per heavy atom. The number of hydrogen-bond donors (Lipinski definition) is 1. The summed E-state index contributed by atoms with van der Waals surface area (Å²) in [6.45, 7) is 5.72. The highest BCUT2D eigenvalue weighted by Gasteiger charge is 2.55. The fraction of sp³-hybridized carbons (Fsp3) is 0.302. The Morgan fingerprint density at radius 2 is 1.00 bits per heavy atom.